The van der Waals surface area contributed by atoms with Gasteiger partial charge in [0.05, 0.1) is 13.7 Å². The fourth-order valence-electron chi connectivity index (χ4n) is 1.92. The lowest BCUT2D eigenvalue weighted by molar-refractivity contribution is -0.147. The Morgan fingerprint density at radius 1 is 1.41 bits per heavy atom. The number of hydrazine groups is 1. The fraction of sp³-hybridized carbons (Fsp3) is 0.400. The van der Waals surface area contributed by atoms with E-state index >= 15 is 0 Å². The summed E-state index contributed by atoms with van der Waals surface area (Å²) in [4.78, 5) is 27.6. The molecule has 118 valence electrons. The summed E-state index contributed by atoms with van der Waals surface area (Å²) >= 11 is 0. The molecule has 1 aromatic carbocycles. The Labute approximate surface area is 128 Å². The van der Waals surface area contributed by atoms with E-state index in [4.69, 9.17) is 4.74 Å². The highest BCUT2D eigenvalue weighted by Gasteiger charge is 2.31. The zero-order chi connectivity index (χ0) is 15.9. The third-order valence-electron chi connectivity index (χ3n) is 3.22. The van der Waals surface area contributed by atoms with Gasteiger partial charge in [0.15, 0.2) is 6.04 Å². The second-order valence-electron chi connectivity index (χ2n) is 4.83. The number of benzene rings is 1. The molecule has 7 nitrogen and oxygen atoms in total. The molecule has 0 fully saturated rings. The van der Waals surface area contributed by atoms with Crippen molar-refractivity contribution in [3.05, 3.63) is 35.9 Å². The number of carbonyl (C=O) groups is 2. The van der Waals surface area contributed by atoms with Gasteiger partial charge in [-0.2, -0.15) is 5.01 Å². The minimum Gasteiger partial charge on any atom is -0.468 e. The van der Waals surface area contributed by atoms with E-state index in [1.54, 1.807) is 6.92 Å². The maximum absolute atomic E-state index is 12.1. The molecule has 0 bridgehead atoms. The van der Waals surface area contributed by atoms with Crippen molar-refractivity contribution >= 4 is 18.1 Å². The first-order valence-corrected chi connectivity index (χ1v) is 6.92. The lowest BCUT2D eigenvalue weighted by atomic mass is 10.2. The number of rotatable bonds is 6. The summed E-state index contributed by atoms with van der Waals surface area (Å²) in [6, 6.07) is 8.88. The van der Waals surface area contributed by atoms with Crippen molar-refractivity contribution in [3.63, 3.8) is 0 Å². The van der Waals surface area contributed by atoms with Crippen LogP contribution in [0.5, 0.6) is 0 Å². The van der Waals surface area contributed by atoms with E-state index in [2.05, 4.69) is 15.2 Å². The van der Waals surface area contributed by atoms with E-state index in [1.165, 1.54) is 18.3 Å². The minimum atomic E-state index is -0.699. The van der Waals surface area contributed by atoms with E-state index in [0.717, 1.165) is 5.56 Å². The fourth-order valence-corrected chi connectivity index (χ4v) is 1.92. The molecule has 0 saturated heterocycles. The summed E-state index contributed by atoms with van der Waals surface area (Å²) in [6.45, 7) is 2.20. The highest BCUT2D eigenvalue weighted by Crippen LogP contribution is 2.06. The lowest BCUT2D eigenvalue weighted by Gasteiger charge is -2.23. The number of carbonyl (C=O) groups excluding carboxylic acids is 2. The summed E-state index contributed by atoms with van der Waals surface area (Å²) in [5.74, 6) is -0.810. The van der Waals surface area contributed by atoms with Gasteiger partial charge >= 0.3 is 5.97 Å². The molecular weight excluding hydrogens is 286 g/mol. The topological polar surface area (TPSA) is 80.2 Å². The molecule has 2 unspecified atom stereocenters. The Kier molecular flexibility index (Phi) is 5.62. The van der Waals surface area contributed by atoms with E-state index < -0.39 is 18.1 Å². The van der Waals surface area contributed by atoms with E-state index in [9.17, 15) is 9.59 Å². The van der Waals surface area contributed by atoms with Crippen LogP contribution in [-0.4, -0.2) is 49.0 Å². The van der Waals surface area contributed by atoms with Gasteiger partial charge in [0.25, 0.3) is 5.91 Å². The second-order valence-corrected chi connectivity index (χ2v) is 4.83. The van der Waals surface area contributed by atoms with Crippen molar-refractivity contribution in [2.24, 2.45) is 4.99 Å². The highest BCUT2D eigenvalue weighted by atomic mass is 16.5. The quantitative estimate of drug-likeness (QED) is 0.775. The molecule has 0 radical (unpaired) electrons. The molecule has 1 heterocycles. The highest BCUT2D eigenvalue weighted by molar-refractivity contribution is 5.95. The summed E-state index contributed by atoms with van der Waals surface area (Å²) in [6.07, 6.45) is 0.792. The molecule has 2 atom stereocenters. The molecule has 1 amide bonds. The van der Waals surface area contributed by atoms with Gasteiger partial charge in [0.1, 0.15) is 12.8 Å². The van der Waals surface area contributed by atoms with Gasteiger partial charge in [-0.15, -0.1) is 0 Å². The van der Waals surface area contributed by atoms with Crippen LogP contribution in [0.1, 0.15) is 12.5 Å². The number of ether oxygens (including phenoxy) is 2. The maximum Gasteiger partial charge on any atom is 0.330 e. The molecule has 1 aliphatic heterocycles. The summed E-state index contributed by atoms with van der Waals surface area (Å²) in [5.41, 5.74) is 3.61. The smallest absolute Gasteiger partial charge is 0.330 e. The first kappa shape index (κ1) is 16.1. The maximum atomic E-state index is 12.1. The molecule has 7 heteroatoms. The Morgan fingerprint density at radius 3 is 2.82 bits per heavy atom. The molecule has 0 spiro atoms. The monoisotopic (exact) mass is 305 g/mol. The summed E-state index contributed by atoms with van der Waals surface area (Å²) in [7, 11) is 1.29. The van der Waals surface area contributed by atoms with Crippen LogP contribution in [0.4, 0.5) is 0 Å². The largest absolute Gasteiger partial charge is 0.468 e. The van der Waals surface area contributed by atoms with Crippen molar-refractivity contribution < 1.29 is 19.1 Å². The van der Waals surface area contributed by atoms with Crippen molar-refractivity contribution in [2.45, 2.75) is 25.7 Å². The molecule has 0 saturated carbocycles. The number of esters is 1. The number of amides is 1. The summed E-state index contributed by atoms with van der Waals surface area (Å²) < 4.78 is 10.2. The Hall–Kier alpha value is -2.25. The predicted molar refractivity (Wildman–Crippen MR) is 79.8 cm³/mol. The molecule has 1 aromatic rings. The second kappa shape index (κ2) is 7.67. The molecule has 22 heavy (non-hydrogen) atoms. The number of nitrogens with one attached hydrogen (secondary N) is 1. The number of aliphatic imine (C=N–C) groups is 1. The molecule has 2 rings (SSSR count). The summed E-state index contributed by atoms with van der Waals surface area (Å²) in [5, 5.41) is 1.41. The molecule has 1 N–H and O–H groups in total. The van der Waals surface area contributed by atoms with Gasteiger partial charge < -0.3 is 9.47 Å². The van der Waals surface area contributed by atoms with E-state index in [1.807, 2.05) is 30.3 Å². The van der Waals surface area contributed by atoms with Gasteiger partial charge in [0, 0.05) is 6.21 Å². The van der Waals surface area contributed by atoms with E-state index in [-0.39, 0.29) is 12.6 Å². The van der Waals surface area contributed by atoms with Crippen molar-refractivity contribution in [1.82, 2.24) is 10.4 Å². The molecule has 0 aliphatic carbocycles. The van der Waals surface area contributed by atoms with Gasteiger partial charge in [-0.25, -0.2) is 4.79 Å². The number of hydrogen-bond acceptors (Lipinski definition) is 6. The van der Waals surface area contributed by atoms with Gasteiger partial charge in [-0.1, -0.05) is 30.3 Å². The Morgan fingerprint density at radius 2 is 2.14 bits per heavy atom. The third-order valence-corrected chi connectivity index (χ3v) is 3.22. The van der Waals surface area contributed by atoms with Crippen molar-refractivity contribution in [3.8, 4) is 0 Å². The van der Waals surface area contributed by atoms with Crippen LogP contribution >= 0.6 is 0 Å². The molecular formula is C15H19N3O4. The zero-order valence-electron chi connectivity index (χ0n) is 12.6. The van der Waals surface area contributed by atoms with Crippen LogP contribution in [0.2, 0.25) is 0 Å². The zero-order valence-corrected chi connectivity index (χ0v) is 12.6. The first-order chi connectivity index (χ1) is 10.6. The SMILES string of the molecule is COC(=O)C1C=NCN1NC(=O)C(C)OCc1ccccc1. The average Bonchev–Trinajstić information content (AvgIpc) is 3.00. The Balaban J connectivity index is 1.82. The van der Waals surface area contributed by atoms with Gasteiger partial charge in [-0.05, 0) is 12.5 Å². The normalized spacial score (nSPS) is 18.9. The number of nitrogens with zero attached hydrogens (tertiary/aromatic N) is 2. The lowest BCUT2D eigenvalue weighted by Crippen LogP contribution is -2.52. The molecule has 0 aromatic heterocycles. The van der Waals surface area contributed by atoms with E-state index in [0.29, 0.717) is 6.61 Å². The van der Waals surface area contributed by atoms with Crippen LogP contribution in [0.25, 0.3) is 0 Å². The van der Waals surface area contributed by atoms with Crippen LogP contribution in [-0.2, 0) is 25.7 Å². The molecule has 1 aliphatic rings. The van der Waals surface area contributed by atoms with Gasteiger partial charge in [-0.3, -0.25) is 15.2 Å². The van der Waals surface area contributed by atoms with Crippen molar-refractivity contribution in [2.75, 3.05) is 13.8 Å². The first-order valence-electron chi connectivity index (χ1n) is 6.92. The van der Waals surface area contributed by atoms with Crippen LogP contribution in [0.15, 0.2) is 35.3 Å². The van der Waals surface area contributed by atoms with Gasteiger partial charge in [0.2, 0.25) is 0 Å². The van der Waals surface area contributed by atoms with Crippen LogP contribution in [0.3, 0.4) is 0 Å². The minimum absolute atomic E-state index is 0.205. The van der Waals surface area contributed by atoms with Crippen molar-refractivity contribution in [1.29, 1.82) is 0 Å². The third kappa shape index (κ3) is 4.12. The van der Waals surface area contributed by atoms with Crippen LogP contribution < -0.4 is 5.43 Å². The number of methoxy groups -OCH3 is 1. The number of hydrogen-bond donors (Lipinski definition) is 1. The Bertz CT molecular complexity index is 547. The predicted octanol–water partition coefficient (Wildman–Crippen LogP) is 0.508. The standard InChI is InChI=1S/C15H19N3O4/c1-11(22-9-12-6-4-3-5-7-12)14(19)17-18-10-16-8-13(18)15(20)21-2/h3-8,11,13H,9-10H2,1-2H3,(H,17,19). The van der Waals surface area contributed by atoms with Crippen LogP contribution in [0, 0.1) is 0 Å². The average molecular weight is 305 g/mol.